The van der Waals surface area contributed by atoms with Crippen molar-refractivity contribution in [1.29, 1.82) is 0 Å². The highest BCUT2D eigenvalue weighted by atomic mass is 79.9. The number of nitrogens with one attached hydrogen (secondary N) is 1. The van der Waals surface area contributed by atoms with Gasteiger partial charge in [-0.05, 0) is 47.4 Å². The highest BCUT2D eigenvalue weighted by Gasteiger charge is 2.18. The molecule has 0 amide bonds. The fourth-order valence-electron chi connectivity index (χ4n) is 1.63. The first kappa shape index (κ1) is 13.3. The Morgan fingerprint density at radius 3 is 2.72 bits per heavy atom. The topological polar surface area (TPSA) is 64.1 Å². The van der Waals surface area contributed by atoms with Gasteiger partial charge in [-0.2, -0.15) is 0 Å². The number of hydrogen-bond donors (Lipinski definition) is 1. The van der Waals surface area contributed by atoms with Gasteiger partial charge in [0.2, 0.25) is 5.89 Å². The van der Waals surface area contributed by atoms with Crippen LogP contribution in [-0.4, -0.2) is 16.7 Å². The molecule has 1 N–H and O–H groups in total. The third-order valence-corrected chi connectivity index (χ3v) is 3.00. The molecule has 0 aliphatic rings. The Morgan fingerprint density at radius 2 is 2.11 bits per heavy atom. The second kappa shape index (κ2) is 6.15. The summed E-state index contributed by atoms with van der Waals surface area (Å²) in [5, 5.41) is 11.4. The summed E-state index contributed by atoms with van der Waals surface area (Å²) in [7, 11) is 0. The molecule has 98 valence electrons. The predicted molar refractivity (Wildman–Crippen MR) is 71.0 cm³/mol. The van der Waals surface area contributed by atoms with Gasteiger partial charge in [0.15, 0.2) is 10.4 Å². The molecule has 18 heavy (non-hydrogen) atoms. The fraction of sp³-hybridized carbons (Fsp3) is 0.500. The van der Waals surface area contributed by atoms with Gasteiger partial charge in [-0.15, -0.1) is 10.2 Å². The fourth-order valence-corrected chi connectivity index (χ4v) is 1.94. The molecule has 0 aromatic carbocycles. The Hall–Kier alpha value is -1.14. The highest BCUT2D eigenvalue weighted by molar-refractivity contribution is 9.10. The molecule has 0 radical (unpaired) electrons. The summed E-state index contributed by atoms with van der Waals surface area (Å²) in [6.07, 6.45) is 1.98. The van der Waals surface area contributed by atoms with Crippen LogP contribution in [0.2, 0.25) is 0 Å². The second-order valence-electron chi connectivity index (χ2n) is 3.96. The van der Waals surface area contributed by atoms with Crippen LogP contribution >= 0.6 is 15.9 Å². The Balaban J connectivity index is 2.13. The van der Waals surface area contributed by atoms with E-state index in [9.17, 15) is 0 Å². The van der Waals surface area contributed by atoms with Gasteiger partial charge < -0.3 is 14.2 Å². The Kier molecular flexibility index (Phi) is 4.54. The number of rotatable bonds is 6. The first-order chi connectivity index (χ1) is 8.74. The van der Waals surface area contributed by atoms with Crippen LogP contribution in [0.3, 0.4) is 0 Å². The van der Waals surface area contributed by atoms with Crippen LogP contribution in [0.1, 0.15) is 38.6 Å². The standard InChI is InChI=1S/C12H16BrN3O2/c1-3-7-14-8(4-2)11-15-16-12(18-11)9-5-6-10(13)17-9/h5-6,8,14H,3-4,7H2,1-2H3. The number of nitrogens with zero attached hydrogens (tertiary/aromatic N) is 2. The van der Waals surface area contributed by atoms with Gasteiger partial charge in [-0.3, -0.25) is 0 Å². The van der Waals surface area contributed by atoms with Crippen LogP contribution in [0.5, 0.6) is 0 Å². The van der Waals surface area contributed by atoms with Crippen molar-refractivity contribution in [3.05, 3.63) is 22.7 Å². The Labute approximate surface area is 114 Å². The van der Waals surface area contributed by atoms with E-state index >= 15 is 0 Å². The van der Waals surface area contributed by atoms with Gasteiger partial charge in [-0.1, -0.05) is 13.8 Å². The lowest BCUT2D eigenvalue weighted by atomic mass is 10.2. The normalized spacial score (nSPS) is 12.8. The van der Waals surface area contributed by atoms with Gasteiger partial charge in [0.05, 0.1) is 6.04 Å². The lowest BCUT2D eigenvalue weighted by molar-refractivity contribution is 0.390. The minimum absolute atomic E-state index is 0.101. The third-order valence-electron chi connectivity index (χ3n) is 2.57. The van der Waals surface area contributed by atoms with E-state index in [-0.39, 0.29) is 6.04 Å². The van der Waals surface area contributed by atoms with Crippen LogP contribution in [0.4, 0.5) is 0 Å². The summed E-state index contributed by atoms with van der Waals surface area (Å²) < 4.78 is 11.7. The van der Waals surface area contributed by atoms with Crippen LogP contribution < -0.4 is 5.32 Å². The average molecular weight is 314 g/mol. The van der Waals surface area contributed by atoms with E-state index in [0.717, 1.165) is 19.4 Å². The van der Waals surface area contributed by atoms with E-state index < -0.39 is 0 Å². The van der Waals surface area contributed by atoms with Gasteiger partial charge >= 0.3 is 0 Å². The van der Waals surface area contributed by atoms with E-state index in [1.165, 1.54) is 0 Å². The van der Waals surface area contributed by atoms with Crippen LogP contribution in [0.25, 0.3) is 11.7 Å². The van der Waals surface area contributed by atoms with Gasteiger partial charge in [-0.25, -0.2) is 0 Å². The molecule has 0 aliphatic heterocycles. The van der Waals surface area contributed by atoms with Gasteiger partial charge in [0.25, 0.3) is 5.89 Å². The molecule has 0 saturated carbocycles. The van der Waals surface area contributed by atoms with E-state index in [1.54, 1.807) is 12.1 Å². The SMILES string of the molecule is CCCNC(CC)c1nnc(-c2ccc(Br)o2)o1. The summed E-state index contributed by atoms with van der Waals surface area (Å²) in [6.45, 7) is 5.14. The highest BCUT2D eigenvalue weighted by Crippen LogP contribution is 2.25. The molecule has 5 nitrogen and oxygen atoms in total. The maximum Gasteiger partial charge on any atom is 0.283 e. The minimum Gasteiger partial charge on any atom is -0.444 e. The zero-order chi connectivity index (χ0) is 13.0. The van der Waals surface area contributed by atoms with Crippen molar-refractivity contribution in [3.8, 4) is 11.7 Å². The van der Waals surface area contributed by atoms with Crippen LogP contribution in [0.15, 0.2) is 25.6 Å². The number of hydrogen-bond acceptors (Lipinski definition) is 5. The lowest BCUT2D eigenvalue weighted by Crippen LogP contribution is -2.21. The summed E-state index contributed by atoms with van der Waals surface area (Å²) in [5.74, 6) is 1.59. The largest absolute Gasteiger partial charge is 0.444 e. The molecule has 0 saturated heterocycles. The summed E-state index contributed by atoms with van der Waals surface area (Å²) in [4.78, 5) is 0. The molecule has 1 unspecified atom stereocenters. The molecule has 1 atom stereocenters. The van der Waals surface area contributed by atoms with E-state index in [1.807, 2.05) is 0 Å². The summed E-state index contributed by atoms with van der Waals surface area (Å²) in [6, 6.07) is 3.69. The summed E-state index contributed by atoms with van der Waals surface area (Å²) in [5.41, 5.74) is 0. The molecular formula is C12H16BrN3O2. The zero-order valence-electron chi connectivity index (χ0n) is 10.4. The maximum atomic E-state index is 5.63. The average Bonchev–Trinajstić information content (AvgIpc) is 2.99. The maximum absolute atomic E-state index is 5.63. The van der Waals surface area contributed by atoms with Gasteiger partial charge in [0.1, 0.15) is 0 Å². The third kappa shape index (κ3) is 3.00. The molecule has 0 fully saturated rings. The van der Waals surface area contributed by atoms with E-state index in [4.69, 9.17) is 8.83 Å². The monoisotopic (exact) mass is 313 g/mol. The molecular weight excluding hydrogens is 298 g/mol. The van der Waals surface area contributed by atoms with Crippen molar-refractivity contribution >= 4 is 15.9 Å². The molecule has 2 aromatic heterocycles. The zero-order valence-corrected chi connectivity index (χ0v) is 12.0. The van der Waals surface area contributed by atoms with E-state index in [0.29, 0.717) is 22.2 Å². The van der Waals surface area contributed by atoms with Crippen molar-refractivity contribution in [1.82, 2.24) is 15.5 Å². The van der Waals surface area contributed by atoms with Gasteiger partial charge in [0, 0.05) is 0 Å². The number of aromatic nitrogens is 2. The Morgan fingerprint density at radius 1 is 1.28 bits per heavy atom. The molecule has 0 bridgehead atoms. The number of furan rings is 1. The quantitative estimate of drug-likeness (QED) is 0.883. The molecule has 0 spiro atoms. The Bertz CT molecular complexity index is 495. The van der Waals surface area contributed by atoms with Crippen molar-refractivity contribution in [3.63, 3.8) is 0 Å². The van der Waals surface area contributed by atoms with Crippen LogP contribution in [0, 0.1) is 0 Å². The number of halogens is 1. The smallest absolute Gasteiger partial charge is 0.283 e. The molecule has 0 aliphatic carbocycles. The molecule has 2 heterocycles. The molecule has 6 heteroatoms. The molecule has 2 rings (SSSR count). The van der Waals surface area contributed by atoms with Crippen molar-refractivity contribution in [2.75, 3.05) is 6.54 Å². The lowest BCUT2D eigenvalue weighted by Gasteiger charge is -2.11. The first-order valence-electron chi connectivity index (χ1n) is 6.07. The van der Waals surface area contributed by atoms with E-state index in [2.05, 4.69) is 45.3 Å². The molecule has 2 aromatic rings. The van der Waals surface area contributed by atoms with Crippen molar-refractivity contribution in [2.24, 2.45) is 0 Å². The van der Waals surface area contributed by atoms with Crippen LogP contribution in [-0.2, 0) is 0 Å². The first-order valence-corrected chi connectivity index (χ1v) is 6.86. The minimum atomic E-state index is 0.101. The van der Waals surface area contributed by atoms with Crippen molar-refractivity contribution < 1.29 is 8.83 Å². The van der Waals surface area contributed by atoms with Crippen molar-refractivity contribution in [2.45, 2.75) is 32.7 Å². The summed E-state index contributed by atoms with van der Waals surface area (Å²) >= 11 is 3.24. The predicted octanol–water partition coefficient (Wildman–Crippen LogP) is 3.54. The second-order valence-corrected chi connectivity index (χ2v) is 4.75.